The molecule has 1 heteroatoms. The lowest BCUT2D eigenvalue weighted by molar-refractivity contribution is 1.07. The van der Waals surface area contributed by atoms with E-state index in [1.54, 1.807) is 0 Å². The fourth-order valence-corrected chi connectivity index (χ4v) is 2.62. The van der Waals surface area contributed by atoms with Gasteiger partial charge in [-0.05, 0) is 36.9 Å². The molecule has 98 valence electrons. The standard InChI is InChI=1S/C17H26Si/c1-15-10-12-17(13-11-15)16(2)9-7-6-8-14-18(3,4)5/h6,8,10-13H,2,7,9,14H2,1,3-5H3/b8-6+. The highest BCUT2D eigenvalue weighted by molar-refractivity contribution is 6.76. The molecule has 0 radical (unpaired) electrons. The first kappa shape index (κ1) is 15.0. The SMILES string of the molecule is C=C(CC/C=C/C[Si](C)(C)C)c1ccc(C)cc1. The minimum atomic E-state index is -0.914. The Hall–Kier alpha value is -1.08. The average molecular weight is 258 g/mol. The Morgan fingerprint density at radius 2 is 1.72 bits per heavy atom. The maximum Gasteiger partial charge on any atom is 0.0480 e. The highest BCUT2D eigenvalue weighted by atomic mass is 28.3. The molecule has 0 aliphatic rings. The second-order valence-electron chi connectivity index (χ2n) is 6.24. The molecule has 0 N–H and O–H groups in total. The second kappa shape index (κ2) is 6.74. The van der Waals surface area contributed by atoms with Crippen LogP contribution in [0, 0.1) is 6.92 Å². The van der Waals surface area contributed by atoms with Crippen LogP contribution >= 0.6 is 0 Å². The van der Waals surface area contributed by atoms with Crippen molar-refractivity contribution in [1.29, 1.82) is 0 Å². The number of benzene rings is 1. The van der Waals surface area contributed by atoms with Gasteiger partial charge in [-0.15, -0.1) is 0 Å². The lowest BCUT2D eigenvalue weighted by atomic mass is 10.0. The minimum absolute atomic E-state index is 0.914. The number of hydrogen-bond donors (Lipinski definition) is 0. The van der Waals surface area contributed by atoms with Crippen LogP contribution in [0.3, 0.4) is 0 Å². The molecule has 0 fully saturated rings. The molecule has 0 atom stereocenters. The molecule has 0 unspecified atom stereocenters. The largest absolute Gasteiger partial charge is 0.0952 e. The van der Waals surface area contributed by atoms with E-state index < -0.39 is 8.07 Å². The van der Waals surface area contributed by atoms with Gasteiger partial charge in [0, 0.05) is 8.07 Å². The zero-order chi connectivity index (χ0) is 13.6. The Kier molecular flexibility index (Phi) is 5.61. The average Bonchev–Trinajstić information content (AvgIpc) is 2.27. The zero-order valence-electron chi connectivity index (χ0n) is 12.3. The summed E-state index contributed by atoms with van der Waals surface area (Å²) >= 11 is 0. The molecule has 1 rings (SSSR count). The normalized spacial score (nSPS) is 12.0. The van der Waals surface area contributed by atoms with Crippen molar-refractivity contribution in [2.75, 3.05) is 0 Å². The van der Waals surface area contributed by atoms with Gasteiger partial charge >= 0.3 is 0 Å². The minimum Gasteiger partial charge on any atom is -0.0952 e. The third kappa shape index (κ3) is 6.01. The molecular formula is C17H26Si. The van der Waals surface area contributed by atoms with E-state index in [0.29, 0.717) is 0 Å². The third-order valence-corrected chi connectivity index (χ3v) is 4.43. The Labute approximate surface area is 113 Å². The molecule has 1 aromatic carbocycles. The first-order valence-corrected chi connectivity index (χ1v) is 10.5. The van der Waals surface area contributed by atoms with E-state index in [4.69, 9.17) is 0 Å². The van der Waals surface area contributed by atoms with Crippen LogP contribution in [0.4, 0.5) is 0 Å². The van der Waals surface area contributed by atoms with Gasteiger partial charge in [0.2, 0.25) is 0 Å². The Morgan fingerprint density at radius 1 is 1.11 bits per heavy atom. The fraction of sp³-hybridized carbons (Fsp3) is 0.412. The third-order valence-electron chi connectivity index (χ3n) is 2.97. The van der Waals surface area contributed by atoms with Crippen molar-refractivity contribution in [3.8, 4) is 0 Å². The van der Waals surface area contributed by atoms with Crippen molar-refractivity contribution < 1.29 is 0 Å². The van der Waals surface area contributed by atoms with Crippen molar-refractivity contribution in [3.63, 3.8) is 0 Å². The van der Waals surface area contributed by atoms with Crippen molar-refractivity contribution in [2.24, 2.45) is 0 Å². The van der Waals surface area contributed by atoms with Crippen molar-refractivity contribution >= 4 is 13.6 Å². The summed E-state index contributed by atoms with van der Waals surface area (Å²) in [5.74, 6) is 0. The highest BCUT2D eigenvalue weighted by Crippen LogP contribution is 2.19. The second-order valence-corrected chi connectivity index (χ2v) is 11.8. The van der Waals surface area contributed by atoms with Crippen LogP contribution < -0.4 is 0 Å². The first-order chi connectivity index (χ1) is 8.38. The van der Waals surface area contributed by atoms with Crippen LogP contribution in [0.2, 0.25) is 25.7 Å². The lowest BCUT2D eigenvalue weighted by Crippen LogP contribution is -2.17. The van der Waals surface area contributed by atoms with Gasteiger partial charge in [-0.2, -0.15) is 0 Å². The Bertz CT molecular complexity index is 404. The van der Waals surface area contributed by atoms with E-state index in [9.17, 15) is 0 Å². The van der Waals surface area contributed by atoms with Crippen molar-refractivity contribution in [2.45, 2.75) is 45.5 Å². The number of rotatable bonds is 6. The van der Waals surface area contributed by atoms with E-state index in [1.165, 1.54) is 22.7 Å². The zero-order valence-corrected chi connectivity index (χ0v) is 13.3. The van der Waals surface area contributed by atoms with Gasteiger partial charge < -0.3 is 0 Å². The summed E-state index contributed by atoms with van der Waals surface area (Å²) in [5.41, 5.74) is 3.83. The van der Waals surface area contributed by atoms with Crippen LogP contribution in [-0.4, -0.2) is 8.07 Å². The molecule has 0 spiro atoms. The van der Waals surface area contributed by atoms with Crippen LogP contribution in [0.25, 0.3) is 5.57 Å². The molecule has 0 aliphatic carbocycles. The molecule has 0 aromatic heterocycles. The lowest BCUT2D eigenvalue weighted by Gasteiger charge is -2.11. The number of aryl methyl sites for hydroxylation is 1. The maximum atomic E-state index is 4.18. The van der Waals surface area contributed by atoms with Crippen LogP contribution in [0.15, 0.2) is 43.0 Å². The summed E-state index contributed by atoms with van der Waals surface area (Å²) in [4.78, 5) is 0. The molecule has 18 heavy (non-hydrogen) atoms. The van der Waals surface area contributed by atoms with Crippen LogP contribution in [0.1, 0.15) is 24.0 Å². The molecule has 0 amide bonds. The topological polar surface area (TPSA) is 0 Å². The number of hydrogen-bond acceptors (Lipinski definition) is 0. The Balaban J connectivity index is 2.36. The molecule has 0 heterocycles. The highest BCUT2D eigenvalue weighted by Gasteiger charge is 2.09. The van der Waals surface area contributed by atoms with Gasteiger partial charge in [0.05, 0.1) is 0 Å². The van der Waals surface area contributed by atoms with Crippen LogP contribution in [-0.2, 0) is 0 Å². The fourth-order valence-electron chi connectivity index (χ4n) is 1.75. The van der Waals surface area contributed by atoms with E-state index in [0.717, 1.165) is 12.8 Å². The smallest absolute Gasteiger partial charge is 0.0480 e. The quantitative estimate of drug-likeness (QED) is 0.454. The summed E-state index contributed by atoms with van der Waals surface area (Å²) in [7, 11) is -0.914. The summed E-state index contributed by atoms with van der Waals surface area (Å²) in [5, 5.41) is 0. The summed E-state index contributed by atoms with van der Waals surface area (Å²) in [6, 6.07) is 9.93. The van der Waals surface area contributed by atoms with Crippen molar-refractivity contribution in [3.05, 3.63) is 54.1 Å². The predicted octanol–water partition coefficient (Wildman–Crippen LogP) is 5.68. The molecule has 0 bridgehead atoms. The molecular weight excluding hydrogens is 232 g/mol. The van der Waals surface area contributed by atoms with E-state index in [1.807, 2.05) is 0 Å². The van der Waals surface area contributed by atoms with Gasteiger partial charge in [0.25, 0.3) is 0 Å². The molecule has 0 saturated heterocycles. The first-order valence-electron chi connectivity index (χ1n) is 6.78. The number of allylic oxidation sites excluding steroid dienone is 3. The van der Waals surface area contributed by atoms with Gasteiger partial charge in [-0.25, -0.2) is 0 Å². The summed E-state index contributed by atoms with van der Waals surface area (Å²) < 4.78 is 0. The monoisotopic (exact) mass is 258 g/mol. The van der Waals surface area contributed by atoms with Gasteiger partial charge in [-0.3, -0.25) is 0 Å². The molecule has 0 aliphatic heterocycles. The predicted molar refractivity (Wildman–Crippen MR) is 86.7 cm³/mol. The van der Waals surface area contributed by atoms with Gasteiger partial charge in [0.15, 0.2) is 0 Å². The van der Waals surface area contributed by atoms with Crippen molar-refractivity contribution in [1.82, 2.24) is 0 Å². The molecule has 1 aromatic rings. The van der Waals surface area contributed by atoms with Gasteiger partial charge in [0.1, 0.15) is 0 Å². The van der Waals surface area contributed by atoms with E-state index in [-0.39, 0.29) is 0 Å². The van der Waals surface area contributed by atoms with Gasteiger partial charge in [-0.1, -0.05) is 68.2 Å². The summed E-state index contributed by atoms with van der Waals surface area (Å²) in [6.07, 6.45) is 6.84. The summed E-state index contributed by atoms with van der Waals surface area (Å²) in [6.45, 7) is 13.5. The maximum absolute atomic E-state index is 4.18. The Morgan fingerprint density at radius 3 is 2.28 bits per heavy atom. The van der Waals surface area contributed by atoms with Crippen LogP contribution in [0.5, 0.6) is 0 Å². The molecule has 0 nitrogen and oxygen atoms in total. The molecule has 0 saturated carbocycles. The van der Waals surface area contributed by atoms with E-state index in [2.05, 4.69) is 69.6 Å². The van der Waals surface area contributed by atoms with E-state index >= 15 is 0 Å².